The molecule has 1 heterocycles. The Labute approximate surface area is 176 Å². The molecule has 1 amide bonds. The van der Waals surface area contributed by atoms with Gasteiger partial charge in [-0.1, -0.05) is 36.7 Å². The molecule has 3 aromatic rings. The number of para-hydroxylation sites is 1. The maximum atomic E-state index is 12.6. The first kappa shape index (κ1) is 20.4. The van der Waals surface area contributed by atoms with Gasteiger partial charge in [0.2, 0.25) is 0 Å². The monoisotopic (exact) mass is 403 g/mol. The number of carbonyl (C=O) groups is 1. The number of aromatic nitrogens is 1. The number of nitrogens with zero attached hydrogens (tertiary/aromatic N) is 2. The lowest BCUT2D eigenvalue weighted by Crippen LogP contribution is -2.13. The lowest BCUT2D eigenvalue weighted by atomic mass is 10.1. The highest BCUT2D eigenvalue weighted by atomic mass is 35.5. The van der Waals surface area contributed by atoms with Gasteiger partial charge in [0.1, 0.15) is 11.6 Å². The summed E-state index contributed by atoms with van der Waals surface area (Å²) in [5.74, 6) is -0.450. The molecule has 0 spiro atoms. The number of nitriles is 1. The highest BCUT2D eigenvalue weighted by Crippen LogP contribution is 2.25. The number of hydrogen-bond donors (Lipinski definition) is 1. The summed E-state index contributed by atoms with van der Waals surface area (Å²) in [4.78, 5) is 12.6. The molecule has 1 N–H and O–H groups in total. The first-order chi connectivity index (χ1) is 13.9. The Morgan fingerprint density at radius 2 is 1.86 bits per heavy atom. The second kappa shape index (κ2) is 8.81. The van der Waals surface area contributed by atoms with Crippen LogP contribution in [0.25, 0.3) is 11.8 Å². The molecule has 4 nitrogen and oxygen atoms in total. The zero-order chi connectivity index (χ0) is 21.0. The number of halogens is 1. The highest BCUT2D eigenvalue weighted by molar-refractivity contribution is 6.30. The molecule has 0 aliphatic heterocycles. The maximum Gasteiger partial charge on any atom is 0.266 e. The van der Waals surface area contributed by atoms with Gasteiger partial charge >= 0.3 is 0 Å². The molecule has 0 saturated carbocycles. The molecule has 0 unspecified atom stereocenters. The summed E-state index contributed by atoms with van der Waals surface area (Å²) in [7, 11) is 0. The van der Waals surface area contributed by atoms with Crippen LogP contribution in [0.2, 0.25) is 5.02 Å². The van der Waals surface area contributed by atoms with Crippen molar-refractivity contribution >= 4 is 29.3 Å². The molecule has 1 aromatic heterocycles. The summed E-state index contributed by atoms with van der Waals surface area (Å²) >= 11 is 5.87. The molecule has 0 fully saturated rings. The van der Waals surface area contributed by atoms with E-state index >= 15 is 0 Å². The van der Waals surface area contributed by atoms with Gasteiger partial charge in [-0.3, -0.25) is 4.79 Å². The predicted molar refractivity (Wildman–Crippen MR) is 118 cm³/mol. The fraction of sp³-hybridized carbons (Fsp3) is 0.167. The first-order valence-electron chi connectivity index (χ1n) is 9.40. The van der Waals surface area contributed by atoms with Crippen molar-refractivity contribution in [3.63, 3.8) is 0 Å². The smallest absolute Gasteiger partial charge is 0.266 e. The number of hydrogen-bond acceptors (Lipinski definition) is 2. The van der Waals surface area contributed by atoms with Gasteiger partial charge in [-0.15, -0.1) is 0 Å². The fourth-order valence-corrected chi connectivity index (χ4v) is 3.49. The van der Waals surface area contributed by atoms with Gasteiger partial charge in [0.05, 0.1) is 0 Å². The summed E-state index contributed by atoms with van der Waals surface area (Å²) in [5.41, 5.74) is 5.86. The first-order valence-corrected chi connectivity index (χ1v) is 9.78. The number of nitrogens with one attached hydrogen (secondary N) is 1. The molecule has 146 valence electrons. The predicted octanol–water partition coefficient (Wildman–Crippen LogP) is 5.86. The van der Waals surface area contributed by atoms with E-state index in [0.717, 1.165) is 29.1 Å². The van der Waals surface area contributed by atoms with Crippen LogP contribution in [0.5, 0.6) is 0 Å². The number of amides is 1. The highest BCUT2D eigenvalue weighted by Gasteiger charge is 2.15. The fourth-order valence-electron chi connectivity index (χ4n) is 3.37. The van der Waals surface area contributed by atoms with Crippen molar-refractivity contribution in [2.45, 2.75) is 27.2 Å². The maximum absolute atomic E-state index is 12.6. The lowest BCUT2D eigenvalue weighted by Gasteiger charge is -2.14. The molecular formula is C24H22ClN3O. The van der Waals surface area contributed by atoms with Crippen molar-refractivity contribution in [2.75, 3.05) is 5.32 Å². The van der Waals surface area contributed by atoms with Crippen molar-refractivity contribution in [1.82, 2.24) is 4.57 Å². The van der Waals surface area contributed by atoms with Gasteiger partial charge in [-0.2, -0.15) is 5.26 Å². The van der Waals surface area contributed by atoms with Crippen LogP contribution in [0.15, 0.2) is 60.2 Å². The van der Waals surface area contributed by atoms with Crippen molar-refractivity contribution in [1.29, 1.82) is 5.26 Å². The molecule has 0 radical (unpaired) electrons. The molecule has 2 aromatic carbocycles. The molecular weight excluding hydrogens is 382 g/mol. The standard InChI is InChI=1S/C24H22ClN3O/c1-4-18-7-5-6-8-23(18)28-16(2)13-19(17(28)3)14-20(15-26)24(29)27-22-11-9-21(25)10-12-22/h5-14H,4H2,1-3H3,(H,27,29)/b20-14-. The lowest BCUT2D eigenvalue weighted by molar-refractivity contribution is -0.112. The third kappa shape index (κ3) is 4.42. The van der Waals surface area contributed by atoms with E-state index in [0.29, 0.717) is 10.7 Å². The Morgan fingerprint density at radius 3 is 2.52 bits per heavy atom. The van der Waals surface area contributed by atoms with Crippen LogP contribution in [-0.2, 0) is 11.2 Å². The number of aryl methyl sites for hydroxylation is 2. The third-order valence-electron chi connectivity index (χ3n) is 4.85. The Kier molecular flexibility index (Phi) is 6.21. The number of anilines is 1. The Balaban J connectivity index is 1.95. The third-order valence-corrected chi connectivity index (χ3v) is 5.10. The van der Waals surface area contributed by atoms with Crippen LogP contribution in [-0.4, -0.2) is 10.5 Å². The van der Waals surface area contributed by atoms with Gasteiger partial charge < -0.3 is 9.88 Å². The van der Waals surface area contributed by atoms with Crippen LogP contribution in [0.4, 0.5) is 5.69 Å². The summed E-state index contributed by atoms with van der Waals surface area (Å²) in [6.07, 6.45) is 2.56. The molecule has 29 heavy (non-hydrogen) atoms. The van der Waals surface area contributed by atoms with Gasteiger partial charge in [-0.05, 0) is 73.9 Å². The summed E-state index contributed by atoms with van der Waals surface area (Å²) < 4.78 is 2.16. The molecule has 0 saturated heterocycles. The van der Waals surface area contributed by atoms with E-state index < -0.39 is 5.91 Å². The second-order valence-corrected chi connectivity index (χ2v) is 7.21. The Bertz CT molecular complexity index is 1120. The zero-order valence-electron chi connectivity index (χ0n) is 16.7. The van der Waals surface area contributed by atoms with Gasteiger partial charge in [-0.25, -0.2) is 0 Å². The SMILES string of the molecule is CCc1ccccc1-n1c(C)cc(/C=C(/C#N)C(=O)Nc2ccc(Cl)cc2)c1C. The van der Waals surface area contributed by atoms with Gasteiger partial charge in [0.15, 0.2) is 0 Å². The van der Waals surface area contributed by atoms with E-state index in [9.17, 15) is 10.1 Å². The number of carbonyl (C=O) groups excluding carboxylic acids is 1. The van der Waals surface area contributed by atoms with E-state index in [-0.39, 0.29) is 5.57 Å². The largest absolute Gasteiger partial charge is 0.321 e. The number of rotatable bonds is 5. The van der Waals surface area contributed by atoms with Gasteiger partial charge in [0, 0.05) is 27.8 Å². The minimum absolute atomic E-state index is 0.0453. The average Bonchev–Trinajstić information content (AvgIpc) is 3.00. The van der Waals surface area contributed by atoms with Crippen molar-refractivity contribution in [2.24, 2.45) is 0 Å². The molecule has 3 rings (SSSR count). The quantitative estimate of drug-likeness (QED) is 0.428. The van der Waals surface area contributed by atoms with Crippen LogP contribution in [0, 0.1) is 25.2 Å². The van der Waals surface area contributed by atoms with Crippen LogP contribution in [0.3, 0.4) is 0 Å². The van der Waals surface area contributed by atoms with Crippen molar-refractivity contribution < 1.29 is 4.79 Å². The Hall–Kier alpha value is -3.29. The van der Waals surface area contributed by atoms with Crippen LogP contribution in [0.1, 0.15) is 29.4 Å². The van der Waals surface area contributed by atoms with Crippen LogP contribution < -0.4 is 5.32 Å². The van der Waals surface area contributed by atoms with Crippen LogP contribution >= 0.6 is 11.6 Å². The minimum Gasteiger partial charge on any atom is -0.321 e. The second-order valence-electron chi connectivity index (χ2n) is 6.77. The van der Waals surface area contributed by atoms with Gasteiger partial charge in [0.25, 0.3) is 5.91 Å². The molecule has 0 aliphatic carbocycles. The van der Waals surface area contributed by atoms with Crippen molar-refractivity contribution in [3.05, 3.63) is 87.7 Å². The van der Waals surface area contributed by atoms with E-state index in [1.807, 2.05) is 38.1 Å². The average molecular weight is 404 g/mol. The zero-order valence-corrected chi connectivity index (χ0v) is 17.4. The van der Waals surface area contributed by atoms with Crippen molar-refractivity contribution in [3.8, 4) is 11.8 Å². The topological polar surface area (TPSA) is 57.8 Å². The van der Waals surface area contributed by atoms with E-state index in [2.05, 4.69) is 28.9 Å². The summed E-state index contributed by atoms with van der Waals surface area (Å²) in [6, 6.07) is 19.0. The molecule has 0 atom stereocenters. The normalized spacial score (nSPS) is 11.2. The Morgan fingerprint density at radius 1 is 1.17 bits per heavy atom. The molecule has 5 heteroatoms. The number of benzene rings is 2. The molecule has 0 bridgehead atoms. The van der Waals surface area contributed by atoms with E-state index in [1.165, 1.54) is 5.56 Å². The summed E-state index contributed by atoms with van der Waals surface area (Å²) in [5, 5.41) is 12.9. The van der Waals surface area contributed by atoms with E-state index in [1.54, 1.807) is 30.3 Å². The summed E-state index contributed by atoms with van der Waals surface area (Å²) in [6.45, 7) is 6.15. The molecule has 0 aliphatic rings. The minimum atomic E-state index is -0.450. The van der Waals surface area contributed by atoms with E-state index in [4.69, 9.17) is 11.6 Å².